The Morgan fingerprint density at radius 1 is 0.944 bits per heavy atom. The van der Waals surface area contributed by atoms with Crippen molar-refractivity contribution < 1.29 is 4.46 Å². The Balaban J connectivity index is 2.19. The zero-order chi connectivity index (χ0) is 13.0. The molecule has 0 saturated heterocycles. The van der Waals surface area contributed by atoms with Gasteiger partial charge in [0.2, 0.25) is 0 Å². The molecule has 0 bridgehead atoms. The van der Waals surface area contributed by atoms with Crippen LogP contribution in [0.25, 0.3) is 0 Å². The summed E-state index contributed by atoms with van der Waals surface area (Å²) < 4.78 is 12.7. The molecule has 18 heavy (non-hydrogen) atoms. The summed E-state index contributed by atoms with van der Waals surface area (Å²) in [5.74, 6) is 0.887. The number of halogens is 2. The number of rotatable bonds is 4. The minimum absolute atomic E-state index is 0.887. The predicted molar refractivity (Wildman–Crippen MR) is 90.8 cm³/mol. The molecule has 0 aromatic heterocycles. The molecule has 0 N–H and O–H groups in total. The summed E-state index contributed by atoms with van der Waals surface area (Å²) in [4.78, 5) is 0. The van der Waals surface area contributed by atoms with Crippen LogP contribution in [-0.2, 0) is 1.40 Å². The number of hydrogen-bond donors (Lipinski definition) is 0. The fourth-order valence-corrected chi connectivity index (χ4v) is 5.78. The predicted octanol–water partition coefficient (Wildman–Crippen LogP) is 5.26. The number of aryl methyl sites for hydroxylation is 2. The van der Waals surface area contributed by atoms with E-state index in [4.69, 9.17) is 4.46 Å². The molecule has 2 aromatic carbocycles. The van der Waals surface area contributed by atoms with Gasteiger partial charge in [-0.25, -0.2) is 0 Å². The topological polar surface area (TPSA) is 18.5 Å². The molecule has 0 saturated carbocycles. The van der Waals surface area contributed by atoms with Crippen molar-refractivity contribution in [2.24, 2.45) is 0 Å². The van der Waals surface area contributed by atoms with Gasteiger partial charge in [-0.3, -0.25) is 0 Å². The van der Waals surface area contributed by atoms with Crippen LogP contribution in [0.4, 0.5) is 0 Å². The Labute approximate surface area is 130 Å². The Kier molecular flexibility index (Phi) is 5.25. The van der Waals surface area contributed by atoms with Gasteiger partial charge in [0, 0.05) is 0 Å². The second-order valence-electron chi connectivity index (χ2n) is 3.97. The second kappa shape index (κ2) is 6.72. The van der Waals surface area contributed by atoms with E-state index in [2.05, 4.69) is 38.1 Å². The van der Waals surface area contributed by atoms with Crippen LogP contribution in [0, 0.1) is 17.4 Å². The van der Waals surface area contributed by atoms with Crippen LogP contribution in [0.3, 0.4) is 0 Å². The van der Waals surface area contributed by atoms with Gasteiger partial charge < -0.3 is 0 Å². The van der Waals surface area contributed by atoms with E-state index in [1.54, 1.807) is 0 Å². The van der Waals surface area contributed by atoms with E-state index in [-0.39, 0.29) is 0 Å². The van der Waals surface area contributed by atoms with Crippen LogP contribution in [-0.4, -0.2) is 0 Å². The summed E-state index contributed by atoms with van der Waals surface area (Å²) in [6.45, 7) is 4.14. The monoisotopic (exact) mass is 468 g/mol. The van der Waals surface area contributed by atoms with E-state index >= 15 is 0 Å². The summed E-state index contributed by atoms with van der Waals surface area (Å²) in [6.07, 6.45) is 0. The van der Waals surface area contributed by atoms with Crippen LogP contribution in [0.15, 0.2) is 48.5 Å². The standard InChI is InChI=1S/C14H14I2O2/c1-11-5-3-7-13(9-11)16(18-15)17-14-8-4-6-12(2)10-14/h3-10H,1-2H3. The average molecular weight is 468 g/mol. The van der Waals surface area contributed by atoms with Gasteiger partial charge in [-0.15, -0.1) is 0 Å². The van der Waals surface area contributed by atoms with E-state index in [1.165, 1.54) is 14.7 Å². The van der Waals surface area contributed by atoms with Crippen molar-refractivity contribution >= 4 is 43.7 Å². The van der Waals surface area contributed by atoms with Crippen molar-refractivity contribution in [1.29, 1.82) is 0 Å². The SMILES string of the molecule is Cc1cccc(OI(OI)c2cccc(C)c2)c1. The molecule has 0 aliphatic rings. The van der Waals surface area contributed by atoms with Gasteiger partial charge >= 0.3 is 131 Å². The van der Waals surface area contributed by atoms with Gasteiger partial charge in [0.1, 0.15) is 0 Å². The first-order valence-electron chi connectivity index (χ1n) is 5.50. The Morgan fingerprint density at radius 3 is 2.22 bits per heavy atom. The summed E-state index contributed by atoms with van der Waals surface area (Å²) in [7, 11) is 0. The first-order valence-corrected chi connectivity index (χ1v) is 9.22. The molecule has 0 aliphatic heterocycles. The van der Waals surface area contributed by atoms with E-state index in [0.29, 0.717) is 0 Å². The number of benzene rings is 2. The minimum atomic E-state index is -2.05. The first-order chi connectivity index (χ1) is 8.69. The number of hydrogen-bond acceptors (Lipinski definition) is 2. The summed E-state index contributed by atoms with van der Waals surface area (Å²) in [6, 6.07) is 16.4. The van der Waals surface area contributed by atoms with Gasteiger partial charge in [-0.2, -0.15) is 0 Å². The molecule has 96 valence electrons. The van der Waals surface area contributed by atoms with Gasteiger partial charge in [-0.05, 0) is 0 Å². The molecule has 0 radical (unpaired) electrons. The van der Waals surface area contributed by atoms with Gasteiger partial charge in [-0.1, -0.05) is 0 Å². The molecule has 2 aromatic rings. The quantitative estimate of drug-likeness (QED) is 0.571. The zero-order valence-electron chi connectivity index (χ0n) is 10.2. The maximum absolute atomic E-state index is 6.01. The maximum atomic E-state index is 6.01. The van der Waals surface area contributed by atoms with Crippen LogP contribution in [0.2, 0.25) is 0 Å². The average Bonchev–Trinajstić information content (AvgIpc) is 2.36. The third-order valence-corrected chi connectivity index (χ3v) is 7.29. The fourth-order valence-electron chi connectivity index (χ4n) is 1.54. The Hall–Kier alpha value is -0.340. The molecule has 0 amide bonds. The van der Waals surface area contributed by atoms with Crippen molar-refractivity contribution in [1.82, 2.24) is 0 Å². The molecule has 4 heteroatoms. The van der Waals surface area contributed by atoms with Crippen LogP contribution in [0.5, 0.6) is 5.75 Å². The fraction of sp³-hybridized carbons (Fsp3) is 0.143. The van der Waals surface area contributed by atoms with Gasteiger partial charge in [0.25, 0.3) is 0 Å². The summed E-state index contributed by atoms with van der Waals surface area (Å²) in [5, 5.41) is 0. The first kappa shape index (κ1) is 14.1. The molecular weight excluding hydrogens is 454 g/mol. The molecule has 0 atom stereocenters. The summed E-state index contributed by atoms with van der Waals surface area (Å²) in [5.41, 5.74) is 2.43. The van der Waals surface area contributed by atoms with Crippen LogP contribution < -0.4 is 3.07 Å². The molecule has 2 nitrogen and oxygen atoms in total. The second-order valence-corrected chi connectivity index (χ2v) is 9.46. The van der Waals surface area contributed by atoms with Crippen molar-refractivity contribution in [3.8, 4) is 5.75 Å². The summed E-state index contributed by atoms with van der Waals surface area (Å²) >= 11 is -0.104. The molecule has 0 unspecified atom stereocenters. The van der Waals surface area contributed by atoms with E-state index in [0.717, 1.165) is 5.75 Å². The van der Waals surface area contributed by atoms with Crippen LogP contribution in [0.1, 0.15) is 11.1 Å². The molecule has 0 spiro atoms. The zero-order valence-corrected chi connectivity index (χ0v) is 14.5. The third-order valence-electron chi connectivity index (χ3n) is 2.36. The molecule has 0 heterocycles. The van der Waals surface area contributed by atoms with Crippen molar-refractivity contribution in [2.45, 2.75) is 13.8 Å². The normalized spacial score (nSPS) is 11.2. The van der Waals surface area contributed by atoms with Crippen LogP contribution >= 0.6 is 43.7 Å². The van der Waals surface area contributed by atoms with E-state index < -0.39 is 20.6 Å². The molecule has 0 aliphatic carbocycles. The van der Waals surface area contributed by atoms with Gasteiger partial charge in [0.15, 0.2) is 0 Å². The molecular formula is C14H14I2O2. The van der Waals surface area contributed by atoms with Crippen molar-refractivity contribution in [2.75, 3.05) is 0 Å². The van der Waals surface area contributed by atoms with Gasteiger partial charge in [0.05, 0.1) is 0 Å². The van der Waals surface area contributed by atoms with Crippen molar-refractivity contribution in [3.05, 3.63) is 63.2 Å². The van der Waals surface area contributed by atoms with E-state index in [1.807, 2.05) is 47.3 Å². The Bertz CT molecular complexity index is 529. The Morgan fingerprint density at radius 2 is 1.61 bits per heavy atom. The van der Waals surface area contributed by atoms with Crippen molar-refractivity contribution in [3.63, 3.8) is 0 Å². The molecule has 2 rings (SSSR count). The molecule has 0 fully saturated rings. The van der Waals surface area contributed by atoms with E-state index in [9.17, 15) is 0 Å². The third kappa shape index (κ3) is 3.83.